The highest BCUT2D eigenvalue weighted by molar-refractivity contribution is 7.90. The van der Waals surface area contributed by atoms with Crippen LogP contribution in [0.3, 0.4) is 0 Å². The van der Waals surface area contributed by atoms with Gasteiger partial charge in [0.15, 0.2) is 0 Å². The van der Waals surface area contributed by atoms with Crippen LogP contribution >= 0.6 is 0 Å². The summed E-state index contributed by atoms with van der Waals surface area (Å²) in [4.78, 5) is 12.5. The molecule has 1 aliphatic rings. The Kier molecular flexibility index (Phi) is 4.08. The number of anilines is 1. The largest absolute Gasteiger partial charge is 0.369 e. The fourth-order valence-corrected chi connectivity index (χ4v) is 3.45. The summed E-state index contributed by atoms with van der Waals surface area (Å²) in [5, 5.41) is 2.89. The predicted octanol–water partition coefficient (Wildman–Crippen LogP) is 0.464. The van der Waals surface area contributed by atoms with E-state index in [1.807, 2.05) is 17.7 Å². The number of hydrogen-bond acceptors (Lipinski definition) is 6. The standard InChI is InChI=1S/C13H18N6O2S/c1-10-14-6-7-19(10)13-8-12(16-9-17-13)15-4-5-18-22(20,21)11-2-3-11/h6-9,11,18H,2-5H2,1H3,(H,15,16,17). The molecule has 0 aromatic carbocycles. The minimum atomic E-state index is -3.13. The fraction of sp³-hybridized carbons (Fsp3) is 0.462. The number of aryl methyl sites for hydroxylation is 1. The van der Waals surface area contributed by atoms with Crippen molar-refractivity contribution in [2.24, 2.45) is 0 Å². The molecule has 0 saturated heterocycles. The third-order valence-corrected chi connectivity index (χ3v) is 5.38. The number of sulfonamides is 1. The van der Waals surface area contributed by atoms with Crippen molar-refractivity contribution < 1.29 is 8.42 Å². The van der Waals surface area contributed by atoms with Crippen LogP contribution in [0.2, 0.25) is 0 Å². The summed E-state index contributed by atoms with van der Waals surface area (Å²) in [5.41, 5.74) is 0. The lowest BCUT2D eigenvalue weighted by Crippen LogP contribution is -2.31. The highest BCUT2D eigenvalue weighted by Crippen LogP contribution is 2.27. The molecule has 0 spiro atoms. The Labute approximate surface area is 129 Å². The zero-order chi connectivity index (χ0) is 15.6. The molecule has 0 bridgehead atoms. The Morgan fingerprint density at radius 1 is 1.27 bits per heavy atom. The van der Waals surface area contributed by atoms with Gasteiger partial charge in [0, 0.05) is 31.5 Å². The lowest BCUT2D eigenvalue weighted by molar-refractivity contribution is 0.581. The number of hydrogen-bond donors (Lipinski definition) is 2. The highest BCUT2D eigenvalue weighted by Gasteiger charge is 2.35. The first-order valence-corrected chi connectivity index (χ1v) is 8.65. The second-order valence-corrected chi connectivity index (χ2v) is 7.22. The van der Waals surface area contributed by atoms with E-state index >= 15 is 0 Å². The van der Waals surface area contributed by atoms with Crippen LogP contribution in [-0.4, -0.2) is 46.3 Å². The van der Waals surface area contributed by atoms with Crippen LogP contribution in [0.1, 0.15) is 18.7 Å². The van der Waals surface area contributed by atoms with Crippen molar-refractivity contribution in [3.05, 3.63) is 30.6 Å². The molecular formula is C13H18N6O2S. The molecule has 8 nitrogen and oxygen atoms in total. The van der Waals surface area contributed by atoms with Gasteiger partial charge in [0.1, 0.15) is 23.8 Å². The summed E-state index contributed by atoms with van der Waals surface area (Å²) < 4.78 is 27.8. The molecule has 9 heteroatoms. The predicted molar refractivity (Wildman–Crippen MR) is 82.3 cm³/mol. The highest BCUT2D eigenvalue weighted by atomic mass is 32.2. The molecule has 2 aromatic heterocycles. The first-order valence-electron chi connectivity index (χ1n) is 7.11. The van der Waals surface area contributed by atoms with E-state index in [1.54, 1.807) is 12.3 Å². The Hall–Kier alpha value is -2.00. The number of nitrogens with one attached hydrogen (secondary N) is 2. The third-order valence-electron chi connectivity index (χ3n) is 3.42. The normalized spacial score (nSPS) is 15.0. The average Bonchev–Trinajstić information content (AvgIpc) is 3.27. The van der Waals surface area contributed by atoms with Crippen molar-refractivity contribution in [3.63, 3.8) is 0 Å². The summed E-state index contributed by atoms with van der Waals surface area (Å²) in [6.07, 6.45) is 6.53. The van der Waals surface area contributed by atoms with Crippen molar-refractivity contribution in [2.75, 3.05) is 18.4 Å². The number of nitrogens with zero attached hydrogens (tertiary/aromatic N) is 4. The Morgan fingerprint density at radius 3 is 2.77 bits per heavy atom. The van der Waals surface area contributed by atoms with Crippen molar-refractivity contribution in [1.29, 1.82) is 0 Å². The van der Waals surface area contributed by atoms with Crippen molar-refractivity contribution in [3.8, 4) is 5.82 Å². The van der Waals surface area contributed by atoms with E-state index in [2.05, 4.69) is 25.0 Å². The molecule has 3 rings (SSSR count). The quantitative estimate of drug-likeness (QED) is 0.718. The van der Waals surface area contributed by atoms with Gasteiger partial charge in [-0.15, -0.1) is 0 Å². The van der Waals surface area contributed by atoms with Gasteiger partial charge in [0.05, 0.1) is 5.25 Å². The summed E-state index contributed by atoms with van der Waals surface area (Å²) in [6.45, 7) is 2.69. The molecule has 1 aliphatic carbocycles. The molecule has 0 aliphatic heterocycles. The smallest absolute Gasteiger partial charge is 0.214 e. The molecule has 0 radical (unpaired) electrons. The topological polar surface area (TPSA) is 102 Å². The van der Waals surface area contributed by atoms with E-state index < -0.39 is 10.0 Å². The van der Waals surface area contributed by atoms with E-state index in [0.717, 1.165) is 18.7 Å². The average molecular weight is 322 g/mol. The van der Waals surface area contributed by atoms with Crippen molar-refractivity contribution in [1.82, 2.24) is 24.2 Å². The van der Waals surface area contributed by atoms with Crippen LogP contribution in [0, 0.1) is 6.92 Å². The van der Waals surface area contributed by atoms with Gasteiger partial charge < -0.3 is 5.32 Å². The monoisotopic (exact) mass is 322 g/mol. The van der Waals surface area contributed by atoms with Gasteiger partial charge >= 0.3 is 0 Å². The maximum Gasteiger partial charge on any atom is 0.214 e. The Balaban J connectivity index is 1.56. The molecular weight excluding hydrogens is 304 g/mol. The number of aromatic nitrogens is 4. The molecule has 0 amide bonds. The molecule has 1 fully saturated rings. The summed E-state index contributed by atoms with van der Waals surface area (Å²) in [6, 6.07) is 1.80. The van der Waals surface area contributed by atoms with Crippen LogP contribution in [0.15, 0.2) is 24.8 Å². The minimum absolute atomic E-state index is 0.192. The zero-order valence-electron chi connectivity index (χ0n) is 12.2. The van der Waals surface area contributed by atoms with Gasteiger partial charge in [-0.3, -0.25) is 4.57 Å². The van der Waals surface area contributed by atoms with Gasteiger partial charge in [-0.1, -0.05) is 0 Å². The molecule has 2 N–H and O–H groups in total. The summed E-state index contributed by atoms with van der Waals surface area (Å²) in [5.74, 6) is 2.19. The molecule has 2 aromatic rings. The SMILES string of the molecule is Cc1nccn1-c1cc(NCCNS(=O)(=O)C2CC2)ncn1. The maximum absolute atomic E-state index is 11.7. The summed E-state index contributed by atoms with van der Waals surface area (Å²) in [7, 11) is -3.13. The number of imidazole rings is 1. The first kappa shape index (κ1) is 14.9. The Bertz CT molecular complexity index is 753. The molecule has 0 atom stereocenters. The van der Waals surface area contributed by atoms with Crippen LogP contribution in [-0.2, 0) is 10.0 Å². The van der Waals surface area contributed by atoms with E-state index in [1.165, 1.54) is 6.33 Å². The second kappa shape index (κ2) is 6.01. The third kappa shape index (κ3) is 3.42. The van der Waals surface area contributed by atoms with Crippen LogP contribution < -0.4 is 10.0 Å². The lowest BCUT2D eigenvalue weighted by atomic mass is 10.5. The molecule has 0 unspecified atom stereocenters. The number of rotatable bonds is 7. The molecule has 1 saturated carbocycles. The van der Waals surface area contributed by atoms with E-state index in [-0.39, 0.29) is 5.25 Å². The maximum atomic E-state index is 11.7. The van der Waals surface area contributed by atoms with Crippen molar-refractivity contribution in [2.45, 2.75) is 25.0 Å². The molecule has 22 heavy (non-hydrogen) atoms. The molecule has 2 heterocycles. The summed E-state index contributed by atoms with van der Waals surface area (Å²) >= 11 is 0. The van der Waals surface area contributed by atoms with Gasteiger partial charge in [0.2, 0.25) is 10.0 Å². The van der Waals surface area contributed by atoms with E-state index in [4.69, 9.17) is 0 Å². The van der Waals surface area contributed by atoms with Gasteiger partial charge in [-0.2, -0.15) is 0 Å². The van der Waals surface area contributed by atoms with Gasteiger partial charge in [-0.25, -0.2) is 28.1 Å². The zero-order valence-corrected chi connectivity index (χ0v) is 13.0. The minimum Gasteiger partial charge on any atom is -0.369 e. The van der Waals surface area contributed by atoms with E-state index in [9.17, 15) is 8.42 Å². The fourth-order valence-electron chi connectivity index (χ4n) is 2.08. The van der Waals surface area contributed by atoms with Crippen molar-refractivity contribution >= 4 is 15.8 Å². The lowest BCUT2D eigenvalue weighted by Gasteiger charge is -2.09. The second-order valence-electron chi connectivity index (χ2n) is 5.17. The van der Waals surface area contributed by atoms with E-state index in [0.29, 0.717) is 24.7 Å². The van der Waals surface area contributed by atoms with Gasteiger partial charge in [0.25, 0.3) is 0 Å². The van der Waals surface area contributed by atoms with Gasteiger partial charge in [-0.05, 0) is 19.8 Å². The Morgan fingerprint density at radius 2 is 2.09 bits per heavy atom. The van der Waals surface area contributed by atoms with Crippen LogP contribution in [0.4, 0.5) is 5.82 Å². The van der Waals surface area contributed by atoms with Crippen LogP contribution in [0.5, 0.6) is 0 Å². The first-order chi connectivity index (χ1) is 10.6. The van der Waals surface area contributed by atoms with Crippen LogP contribution in [0.25, 0.3) is 5.82 Å². The molecule has 118 valence electrons.